The molecule has 0 heterocycles. The number of hydrogen-bond acceptors (Lipinski definition) is 2. The lowest BCUT2D eigenvalue weighted by Crippen LogP contribution is -2.29. The van der Waals surface area contributed by atoms with Gasteiger partial charge in [-0.25, -0.2) is 4.39 Å². The van der Waals surface area contributed by atoms with Crippen LogP contribution in [0.5, 0.6) is 0 Å². The molecule has 0 aliphatic heterocycles. The first-order valence-electron chi connectivity index (χ1n) is 5.97. The smallest absolute Gasteiger partial charge is 0.227 e. The van der Waals surface area contributed by atoms with Crippen LogP contribution in [0.1, 0.15) is 19.3 Å². The van der Waals surface area contributed by atoms with Crippen LogP contribution in [0.4, 0.5) is 10.1 Å². The van der Waals surface area contributed by atoms with E-state index in [4.69, 9.17) is 5.73 Å². The molecule has 1 fully saturated rings. The van der Waals surface area contributed by atoms with Gasteiger partial charge in [0.05, 0.1) is 0 Å². The van der Waals surface area contributed by atoms with E-state index >= 15 is 0 Å². The van der Waals surface area contributed by atoms with Gasteiger partial charge in [0.1, 0.15) is 5.82 Å². The first kappa shape index (κ1) is 12.0. The predicted molar refractivity (Wildman–Crippen MR) is 64.9 cm³/mol. The van der Waals surface area contributed by atoms with E-state index in [0.29, 0.717) is 12.2 Å². The van der Waals surface area contributed by atoms with Crippen molar-refractivity contribution in [3.63, 3.8) is 0 Å². The second kappa shape index (κ2) is 5.27. The molecule has 1 aliphatic rings. The Morgan fingerprint density at radius 1 is 1.35 bits per heavy atom. The van der Waals surface area contributed by atoms with Gasteiger partial charge in [-0.1, -0.05) is 6.42 Å². The van der Waals surface area contributed by atoms with E-state index in [1.807, 2.05) is 0 Å². The highest BCUT2D eigenvalue weighted by Gasteiger charge is 2.31. The van der Waals surface area contributed by atoms with E-state index in [0.717, 1.165) is 19.3 Å². The predicted octanol–water partition coefficient (Wildman–Crippen LogP) is 2.14. The molecule has 0 saturated heterocycles. The summed E-state index contributed by atoms with van der Waals surface area (Å²) in [6.45, 7) is 0.557. The van der Waals surface area contributed by atoms with Crippen molar-refractivity contribution in [1.29, 1.82) is 0 Å². The van der Waals surface area contributed by atoms with Crippen LogP contribution in [0.25, 0.3) is 0 Å². The molecule has 1 amide bonds. The van der Waals surface area contributed by atoms with Crippen LogP contribution in [-0.2, 0) is 4.79 Å². The van der Waals surface area contributed by atoms with Gasteiger partial charge in [-0.2, -0.15) is 0 Å². The van der Waals surface area contributed by atoms with Gasteiger partial charge >= 0.3 is 0 Å². The van der Waals surface area contributed by atoms with Gasteiger partial charge < -0.3 is 11.1 Å². The number of hydrogen-bond donors (Lipinski definition) is 2. The zero-order valence-electron chi connectivity index (χ0n) is 9.66. The summed E-state index contributed by atoms with van der Waals surface area (Å²) in [5, 5.41) is 2.81. The first-order valence-corrected chi connectivity index (χ1v) is 5.97. The molecule has 3 nitrogen and oxygen atoms in total. The summed E-state index contributed by atoms with van der Waals surface area (Å²) in [5.41, 5.74) is 6.28. The Morgan fingerprint density at radius 2 is 2.06 bits per heavy atom. The van der Waals surface area contributed by atoms with Crippen molar-refractivity contribution >= 4 is 11.6 Å². The van der Waals surface area contributed by atoms with Crippen LogP contribution in [0.2, 0.25) is 0 Å². The Labute approximate surface area is 100 Å². The third kappa shape index (κ3) is 2.82. The number of carbonyl (C=O) groups excluding carboxylic acids is 1. The summed E-state index contributed by atoms with van der Waals surface area (Å²) in [6, 6.07) is 5.81. The summed E-state index contributed by atoms with van der Waals surface area (Å²) in [5.74, 6) is -0.00578. The van der Waals surface area contributed by atoms with Crippen molar-refractivity contribution in [2.75, 3.05) is 11.9 Å². The molecule has 1 saturated carbocycles. The van der Waals surface area contributed by atoms with E-state index in [1.165, 1.54) is 12.1 Å². The minimum atomic E-state index is -0.302. The Bertz CT molecular complexity index is 391. The lowest BCUT2D eigenvalue weighted by atomic mass is 9.95. The molecule has 1 aliphatic carbocycles. The number of nitrogens with one attached hydrogen (secondary N) is 1. The first-order chi connectivity index (χ1) is 8.20. The zero-order chi connectivity index (χ0) is 12.3. The maximum Gasteiger partial charge on any atom is 0.227 e. The minimum absolute atomic E-state index is 0.00422. The summed E-state index contributed by atoms with van der Waals surface area (Å²) in [4.78, 5) is 12.0. The van der Waals surface area contributed by atoms with Crippen LogP contribution < -0.4 is 11.1 Å². The van der Waals surface area contributed by atoms with Gasteiger partial charge in [0, 0.05) is 11.6 Å². The molecule has 0 spiro atoms. The SMILES string of the molecule is NC[C@H]1CCC[C@H]1C(=O)Nc1ccc(F)cc1. The second-order valence-corrected chi connectivity index (χ2v) is 4.53. The number of nitrogens with two attached hydrogens (primary N) is 1. The number of carbonyl (C=O) groups is 1. The molecule has 0 unspecified atom stereocenters. The zero-order valence-corrected chi connectivity index (χ0v) is 9.66. The van der Waals surface area contributed by atoms with Gasteiger partial charge in [-0.15, -0.1) is 0 Å². The average molecular weight is 236 g/mol. The fourth-order valence-corrected chi connectivity index (χ4v) is 2.43. The standard InChI is InChI=1S/C13H17FN2O/c14-10-4-6-11(7-5-10)16-13(17)12-3-1-2-9(12)8-15/h4-7,9,12H,1-3,8,15H2,(H,16,17)/t9-,12-/m1/s1. The highest BCUT2D eigenvalue weighted by atomic mass is 19.1. The number of rotatable bonds is 3. The van der Waals surface area contributed by atoms with Crippen LogP contribution in [0.3, 0.4) is 0 Å². The Hall–Kier alpha value is -1.42. The molecule has 0 aromatic heterocycles. The van der Waals surface area contributed by atoms with Crippen molar-refractivity contribution in [2.24, 2.45) is 17.6 Å². The van der Waals surface area contributed by atoms with Gasteiger partial charge in [0.15, 0.2) is 0 Å². The van der Waals surface area contributed by atoms with Crippen LogP contribution in [0.15, 0.2) is 24.3 Å². The molecule has 1 aromatic rings. The third-order valence-electron chi connectivity index (χ3n) is 3.41. The lowest BCUT2D eigenvalue weighted by molar-refractivity contribution is -0.120. The third-order valence-corrected chi connectivity index (χ3v) is 3.41. The molecule has 2 atom stereocenters. The number of anilines is 1. The van der Waals surface area contributed by atoms with Crippen molar-refractivity contribution < 1.29 is 9.18 Å². The summed E-state index contributed by atoms with van der Waals surface area (Å²) in [6.07, 6.45) is 2.98. The average Bonchev–Trinajstić information content (AvgIpc) is 2.80. The maximum atomic E-state index is 12.7. The van der Waals surface area contributed by atoms with Gasteiger partial charge in [-0.3, -0.25) is 4.79 Å². The molecule has 4 heteroatoms. The molecule has 17 heavy (non-hydrogen) atoms. The van der Waals surface area contributed by atoms with E-state index in [-0.39, 0.29) is 23.6 Å². The Kier molecular flexibility index (Phi) is 3.74. The minimum Gasteiger partial charge on any atom is -0.330 e. The van der Waals surface area contributed by atoms with E-state index in [2.05, 4.69) is 5.32 Å². The van der Waals surface area contributed by atoms with Gasteiger partial charge in [0.2, 0.25) is 5.91 Å². The van der Waals surface area contributed by atoms with Crippen molar-refractivity contribution in [2.45, 2.75) is 19.3 Å². The summed E-state index contributed by atoms with van der Waals surface area (Å²) in [7, 11) is 0. The largest absolute Gasteiger partial charge is 0.330 e. The highest BCUT2D eigenvalue weighted by Crippen LogP contribution is 2.31. The second-order valence-electron chi connectivity index (χ2n) is 4.53. The topological polar surface area (TPSA) is 55.1 Å². The Morgan fingerprint density at radius 3 is 2.71 bits per heavy atom. The molecule has 92 valence electrons. The van der Waals surface area contributed by atoms with Gasteiger partial charge in [0.25, 0.3) is 0 Å². The van der Waals surface area contributed by atoms with Crippen molar-refractivity contribution in [3.05, 3.63) is 30.1 Å². The summed E-state index contributed by atoms with van der Waals surface area (Å²) < 4.78 is 12.7. The molecule has 1 aromatic carbocycles. The van der Waals surface area contributed by atoms with Crippen molar-refractivity contribution in [3.8, 4) is 0 Å². The Balaban J connectivity index is 1.99. The quantitative estimate of drug-likeness (QED) is 0.844. The van der Waals surface area contributed by atoms with Crippen molar-refractivity contribution in [1.82, 2.24) is 0 Å². The molecule has 0 bridgehead atoms. The molecular weight excluding hydrogens is 219 g/mol. The fraction of sp³-hybridized carbons (Fsp3) is 0.462. The van der Waals surface area contributed by atoms with Crippen LogP contribution in [-0.4, -0.2) is 12.5 Å². The molecule has 3 N–H and O–H groups in total. The van der Waals surface area contributed by atoms with Crippen LogP contribution >= 0.6 is 0 Å². The van der Waals surface area contributed by atoms with Crippen LogP contribution in [0, 0.1) is 17.7 Å². The van der Waals surface area contributed by atoms with E-state index < -0.39 is 0 Å². The molecule has 2 rings (SSSR count). The normalized spacial score (nSPS) is 23.6. The number of halogens is 1. The summed E-state index contributed by atoms with van der Waals surface area (Å²) >= 11 is 0. The van der Waals surface area contributed by atoms with E-state index in [1.54, 1.807) is 12.1 Å². The highest BCUT2D eigenvalue weighted by molar-refractivity contribution is 5.92. The molecule has 0 radical (unpaired) electrons. The molecular formula is C13H17FN2O. The maximum absolute atomic E-state index is 12.7. The number of benzene rings is 1. The monoisotopic (exact) mass is 236 g/mol. The number of amides is 1. The fourth-order valence-electron chi connectivity index (χ4n) is 2.43. The van der Waals surface area contributed by atoms with E-state index in [9.17, 15) is 9.18 Å². The van der Waals surface area contributed by atoms with Gasteiger partial charge in [-0.05, 0) is 49.6 Å². The lowest BCUT2D eigenvalue weighted by Gasteiger charge is -2.17.